The molecule has 0 aliphatic carbocycles. The number of nitrogens with zero attached hydrogens (tertiary/aromatic N) is 2. The molecule has 0 unspecified atom stereocenters. The number of urea groups is 1. The predicted octanol–water partition coefficient (Wildman–Crippen LogP) is 6.19. The van der Waals surface area contributed by atoms with Gasteiger partial charge in [-0.25, -0.2) is 9.69 Å². The highest BCUT2D eigenvalue weighted by Gasteiger charge is 2.60. The fourth-order valence-electron chi connectivity index (χ4n) is 5.99. The minimum Gasteiger partial charge on any atom is -0.497 e. The molecule has 8 nitrogen and oxygen atoms in total. The Morgan fingerprint density at radius 3 is 2.48 bits per heavy atom. The van der Waals surface area contributed by atoms with Gasteiger partial charge in [-0.2, -0.15) is 0 Å². The molecular formula is C32H33N3O5. The third kappa shape index (κ3) is 3.81. The lowest BCUT2D eigenvalue weighted by Crippen LogP contribution is -2.50. The summed E-state index contributed by atoms with van der Waals surface area (Å²) in [6.07, 6.45) is 0.892. The van der Waals surface area contributed by atoms with Crippen molar-refractivity contribution in [3.05, 3.63) is 83.6 Å². The summed E-state index contributed by atoms with van der Waals surface area (Å²) in [6.45, 7) is 7.29. The number of benzene rings is 3. The predicted molar refractivity (Wildman–Crippen MR) is 153 cm³/mol. The largest absolute Gasteiger partial charge is 0.497 e. The number of carbonyl (C=O) groups is 2. The van der Waals surface area contributed by atoms with Gasteiger partial charge in [-0.05, 0) is 73.9 Å². The Bertz CT molecular complexity index is 1590. The number of aromatic nitrogens is 1. The minimum atomic E-state index is -1.19. The fourth-order valence-corrected chi connectivity index (χ4v) is 5.99. The molecule has 2 aliphatic heterocycles. The van der Waals surface area contributed by atoms with Gasteiger partial charge in [0, 0.05) is 23.4 Å². The Morgan fingerprint density at radius 1 is 0.975 bits per heavy atom. The van der Waals surface area contributed by atoms with Crippen LogP contribution in [0.15, 0.2) is 66.7 Å². The Balaban J connectivity index is 1.50. The smallest absolute Gasteiger partial charge is 0.332 e. The van der Waals surface area contributed by atoms with Crippen molar-refractivity contribution in [2.45, 2.75) is 38.6 Å². The van der Waals surface area contributed by atoms with Crippen molar-refractivity contribution in [3.63, 3.8) is 0 Å². The van der Waals surface area contributed by atoms with Crippen LogP contribution in [-0.2, 0) is 10.3 Å². The van der Waals surface area contributed by atoms with E-state index in [1.54, 1.807) is 36.3 Å². The second kappa shape index (κ2) is 9.93. The Kier molecular flexibility index (Phi) is 6.41. The normalized spacial score (nSPS) is 20.1. The molecule has 3 heterocycles. The summed E-state index contributed by atoms with van der Waals surface area (Å²) in [5.74, 6) is 1.55. The maximum Gasteiger partial charge on any atom is 0.332 e. The number of H-pyrrole nitrogens is 1. The van der Waals surface area contributed by atoms with Crippen molar-refractivity contribution >= 4 is 28.5 Å². The van der Waals surface area contributed by atoms with Crippen LogP contribution in [0.2, 0.25) is 0 Å². The molecule has 2 aliphatic rings. The van der Waals surface area contributed by atoms with E-state index in [9.17, 15) is 9.59 Å². The molecule has 0 saturated carbocycles. The molecule has 1 fully saturated rings. The van der Waals surface area contributed by atoms with Crippen molar-refractivity contribution in [3.8, 4) is 17.2 Å². The number of amides is 3. The van der Waals surface area contributed by atoms with E-state index in [4.69, 9.17) is 14.2 Å². The fraction of sp³-hybridized carbons (Fsp3) is 0.312. The average Bonchev–Trinajstić information content (AvgIpc) is 3.46. The number of hydrogen-bond acceptors (Lipinski definition) is 5. The molecule has 206 valence electrons. The van der Waals surface area contributed by atoms with E-state index >= 15 is 0 Å². The molecule has 1 N–H and O–H groups in total. The summed E-state index contributed by atoms with van der Waals surface area (Å²) in [7, 11) is 1.58. The quantitative estimate of drug-likeness (QED) is 0.270. The maximum atomic E-state index is 14.2. The van der Waals surface area contributed by atoms with Gasteiger partial charge in [-0.3, -0.25) is 4.79 Å². The van der Waals surface area contributed by atoms with E-state index in [2.05, 4.69) is 18.0 Å². The minimum absolute atomic E-state index is 0.189. The molecule has 40 heavy (non-hydrogen) atoms. The van der Waals surface area contributed by atoms with Crippen molar-refractivity contribution in [1.29, 1.82) is 0 Å². The first-order valence-corrected chi connectivity index (χ1v) is 13.7. The zero-order valence-electron chi connectivity index (χ0n) is 23.2. The summed E-state index contributed by atoms with van der Waals surface area (Å²) in [5.41, 5.74) is 3.01. The number of ether oxygens (including phenoxy) is 3. The molecule has 3 aromatic carbocycles. The van der Waals surface area contributed by atoms with Gasteiger partial charge in [0.2, 0.25) is 0 Å². The number of methoxy groups -OCH3 is 1. The lowest BCUT2D eigenvalue weighted by molar-refractivity contribution is -0.125. The first-order chi connectivity index (χ1) is 19.4. The number of imide groups is 1. The number of nitrogens with one attached hydrogen (secondary N) is 1. The molecule has 1 aromatic heterocycles. The second-order valence-electron chi connectivity index (χ2n) is 10.3. The molecule has 0 spiro atoms. The van der Waals surface area contributed by atoms with E-state index < -0.39 is 5.54 Å². The monoisotopic (exact) mass is 539 g/mol. The van der Waals surface area contributed by atoms with Crippen LogP contribution in [0.4, 0.5) is 10.5 Å². The van der Waals surface area contributed by atoms with Gasteiger partial charge in [-0.1, -0.05) is 31.2 Å². The number of hydrogen-bond donors (Lipinski definition) is 1. The zero-order chi connectivity index (χ0) is 28.0. The third-order valence-corrected chi connectivity index (χ3v) is 7.99. The standard InChI is InChI=1S/C32H33N3O5/c1-5-17-40-26-16-11-20(18-27(26)39-6-2)24-19-34-31(37)35(21-12-14-22(38-4)15-13-21)30(36)32(34,3)29-28(24)23-9-7-8-10-25(23)33-29/h7-16,18,24,33H,5-6,17,19H2,1-4H3/t24-,32-/m0/s1. The van der Waals surface area contributed by atoms with E-state index in [0.29, 0.717) is 42.7 Å². The van der Waals surface area contributed by atoms with Gasteiger partial charge in [0.15, 0.2) is 17.0 Å². The number of anilines is 1. The zero-order valence-corrected chi connectivity index (χ0v) is 23.2. The van der Waals surface area contributed by atoms with Crippen LogP contribution in [0.5, 0.6) is 17.2 Å². The average molecular weight is 540 g/mol. The third-order valence-electron chi connectivity index (χ3n) is 7.99. The van der Waals surface area contributed by atoms with Crippen LogP contribution < -0.4 is 19.1 Å². The van der Waals surface area contributed by atoms with Crippen LogP contribution >= 0.6 is 0 Å². The Morgan fingerprint density at radius 2 is 1.75 bits per heavy atom. The molecule has 8 heteroatoms. The van der Waals surface area contributed by atoms with Gasteiger partial charge in [0.1, 0.15) is 5.75 Å². The lowest BCUT2D eigenvalue weighted by Gasteiger charge is -2.40. The van der Waals surface area contributed by atoms with Gasteiger partial charge < -0.3 is 24.1 Å². The van der Waals surface area contributed by atoms with E-state index in [1.165, 1.54) is 4.90 Å². The van der Waals surface area contributed by atoms with Crippen LogP contribution in [0.3, 0.4) is 0 Å². The number of para-hydroxylation sites is 1. The van der Waals surface area contributed by atoms with Gasteiger partial charge in [0.25, 0.3) is 5.91 Å². The van der Waals surface area contributed by atoms with Crippen LogP contribution in [0.25, 0.3) is 10.9 Å². The number of fused-ring (bicyclic) bond motifs is 5. The molecular weight excluding hydrogens is 506 g/mol. The Hall–Kier alpha value is -4.46. The van der Waals surface area contributed by atoms with Crippen molar-refractivity contribution in [2.75, 3.05) is 31.8 Å². The molecule has 2 atom stereocenters. The summed E-state index contributed by atoms with van der Waals surface area (Å²) in [5, 5.41) is 1.04. The Labute approximate surface area is 233 Å². The topological polar surface area (TPSA) is 84.1 Å². The van der Waals surface area contributed by atoms with Crippen LogP contribution in [0, 0.1) is 0 Å². The van der Waals surface area contributed by atoms with E-state index in [-0.39, 0.29) is 17.9 Å². The highest BCUT2D eigenvalue weighted by molar-refractivity contribution is 6.23. The summed E-state index contributed by atoms with van der Waals surface area (Å²) >= 11 is 0. The van der Waals surface area contributed by atoms with Gasteiger partial charge >= 0.3 is 6.03 Å². The highest BCUT2D eigenvalue weighted by atomic mass is 16.5. The summed E-state index contributed by atoms with van der Waals surface area (Å²) in [6, 6.07) is 20.7. The van der Waals surface area contributed by atoms with E-state index in [0.717, 1.165) is 34.1 Å². The van der Waals surface area contributed by atoms with Gasteiger partial charge in [0.05, 0.1) is 31.7 Å². The summed E-state index contributed by atoms with van der Waals surface area (Å²) < 4.78 is 17.2. The molecule has 6 rings (SSSR count). The van der Waals surface area contributed by atoms with Crippen LogP contribution in [-0.4, -0.2) is 48.7 Å². The number of carbonyl (C=O) groups excluding carboxylic acids is 2. The molecule has 1 saturated heterocycles. The first-order valence-electron chi connectivity index (χ1n) is 13.7. The van der Waals surface area contributed by atoms with Crippen molar-refractivity contribution in [1.82, 2.24) is 9.88 Å². The van der Waals surface area contributed by atoms with Crippen LogP contribution in [0.1, 0.15) is 49.9 Å². The first kappa shape index (κ1) is 25.8. The molecule has 4 aromatic rings. The molecule has 3 amide bonds. The van der Waals surface area contributed by atoms with E-state index in [1.807, 2.05) is 50.2 Å². The lowest BCUT2D eigenvalue weighted by atomic mass is 9.78. The van der Waals surface area contributed by atoms with Crippen molar-refractivity contribution < 1.29 is 23.8 Å². The highest BCUT2D eigenvalue weighted by Crippen LogP contribution is 2.51. The number of rotatable bonds is 8. The maximum absolute atomic E-state index is 14.2. The molecule has 0 radical (unpaired) electrons. The number of aromatic amines is 1. The van der Waals surface area contributed by atoms with Gasteiger partial charge in [-0.15, -0.1) is 0 Å². The summed E-state index contributed by atoms with van der Waals surface area (Å²) in [4.78, 5) is 34.7. The SMILES string of the molecule is CCCOc1ccc([C@@H]2CN3C(=O)N(c4ccc(OC)cc4)C(=O)[C@]3(C)c3[nH]c4ccccc4c32)cc1OCC. The second-order valence-corrected chi connectivity index (χ2v) is 10.3. The molecule has 0 bridgehead atoms. The van der Waals surface area contributed by atoms with Crippen molar-refractivity contribution in [2.24, 2.45) is 0 Å².